The van der Waals surface area contributed by atoms with Crippen LogP contribution in [0.25, 0.3) is 0 Å². The molecule has 4 aliphatic rings. The molecule has 0 spiro atoms. The summed E-state index contributed by atoms with van der Waals surface area (Å²) in [5.74, 6) is 4.17. The Bertz CT molecular complexity index is 622. The van der Waals surface area contributed by atoms with Gasteiger partial charge >= 0.3 is 0 Å². The number of aliphatic hydroxyl groups is 1. The van der Waals surface area contributed by atoms with E-state index in [1.54, 1.807) is 0 Å². The molecule has 4 aliphatic carbocycles. The number of carbonyl (C=O) groups excluding carboxylic acids is 1. The van der Waals surface area contributed by atoms with Crippen LogP contribution in [0.3, 0.4) is 0 Å². The molecule has 0 aliphatic heterocycles. The van der Waals surface area contributed by atoms with Crippen molar-refractivity contribution in [2.24, 2.45) is 46.3 Å². The molecular formula is C27H46O2. The lowest BCUT2D eigenvalue weighted by Gasteiger charge is -2.61. The van der Waals surface area contributed by atoms with E-state index in [1.165, 1.54) is 57.8 Å². The highest BCUT2D eigenvalue weighted by molar-refractivity contribution is 5.87. The number of carbonyl (C=O) groups is 1. The molecule has 0 amide bonds. The second kappa shape index (κ2) is 7.64. The second-order valence-electron chi connectivity index (χ2n) is 12.6. The quantitative estimate of drug-likeness (QED) is 0.549. The molecule has 0 saturated heterocycles. The zero-order valence-corrected chi connectivity index (χ0v) is 19.8. The number of hydrogen-bond acceptors (Lipinski definition) is 2. The van der Waals surface area contributed by atoms with Gasteiger partial charge in [-0.2, -0.15) is 0 Å². The van der Waals surface area contributed by atoms with Crippen LogP contribution in [0.2, 0.25) is 0 Å². The minimum Gasteiger partial charge on any atom is -0.382 e. The van der Waals surface area contributed by atoms with Gasteiger partial charge in [-0.25, -0.2) is 0 Å². The first-order chi connectivity index (χ1) is 13.6. The van der Waals surface area contributed by atoms with E-state index in [9.17, 15) is 9.90 Å². The molecule has 1 N–H and O–H groups in total. The summed E-state index contributed by atoms with van der Waals surface area (Å²) in [4.78, 5) is 13.0. The third kappa shape index (κ3) is 3.44. The van der Waals surface area contributed by atoms with Crippen LogP contribution in [0.5, 0.6) is 0 Å². The minimum absolute atomic E-state index is 0.100. The zero-order chi connectivity index (χ0) is 21.0. The Morgan fingerprint density at radius 2 is 1.69 bits per heavy atom. The first-order valence-corrected chi connectivity index (χ1v) is 12.9. The Morgan fingerprint density at radius 3 is 2.41 bits per heavy atom. The summed E-state index contributed by atoms with van der Waals surface area (Å²) >= 11 is 0. The van der Waals surface area contributed by atoms with E-state index < -0.39 is 5.60 Å². The van der Waals surface area contributed by atoms with Crippen LogP contribution in [0.4, 0.5) is 0 Å². The normalized spacial score (nSPS) is 46.5. The van der Waals surface area contributed by atoms with Crippen molar-refractivity contribution in [2.45, 2.75) is 117 Å². The van der Waals surface area contributed by atoms with E-state index in [0.717, 1.165) is 36.5 Å². The summed E-state index contributed by atoms with van der Waals surface area (Å²) < 4.78 is 0. The van der Waals surface area contributed by atoms with E-state index in [-0.39, 0.29) is 17.1 Å². The topological polar surface area (TPSA) is 37.3 Å². The van der Waals surface area contributed by atoms with Crippen molar-refractivity contribution in [1.29, 1.82) is 0 Å². The predicted molar refractivity (Wildman–Crippen MR) is 120 cm³/mol. The summed E-state index contributed by atoms with van der Waals surface area (Å²) in [7, 11) is 0. The van der Waals surface area contributed by atoms with Crippen molar-refractivity contribution in [3.8, 4) is 0 Å². The fourth-order valence-electron chi connectivity index (χ4n) is 9.09. The lowest BCUT2D eigenvalue weighted by atomic mass is 9.44. The fraction of sp³-hybridized carbons (Fsp3) is 0.963. The minimum atomic E-state index is -1.14. The van der Waals surface area contributed by atoms with Gasteiger partial charge in [0.2, 0.25) is 0 Å². The predicted octanol–water partition coefficient (Wildman–Crippen LogP) is 6.79. The van der Waals surface area contributed by atoms with Gasteiger partial charge in [-0.15, -0.1) is 0 Å². The molecule has 0 bridgehead atoms. The van der Waals surface area contributed by atoms with Gasteiger partial charge in [0.15, 0.2) is 5.78 Å². The maximum absolute atomic E-state index is 13.0. The third-order valence-electron chi connectivity index (χ3n) is 10.8. The average molecular weight is 403 g/mol. The second-order valence-corrected chi connectivity index (χ2v) is 12.6. The largest absolute Gasteiger partial charge is 0.382 e. The highest BCUT2D eigenvalue weighted by Crippen LogP contribution is 2.68. The van der Waals surface area contributed by atoms with Crippen molar-refractivity contribution >= 4 is 5.78 Å². The van der Waals surface area contributed by atoms with Crippen LogP contribution in [0, 0.1) is 46.3 Å². The van der Waals surface area contributed by atoms with Crippen LogP contribution in [-0.4, -0.2) is 16.5 Å². The molecule has 1 unspecified atom stereocenters. The Labute approximate surface area is 179 Å². The molecule has 166 valence electrons. The molecule has 2 heteroatoms. The van der Waals surface area contributed by atoms with Crippen LogP contribution < -0.4 is 0 Å². The molecule has 29 heavy (non-hydrogen) atoms. The highest BCUT2D eigenvalue weighted by atomic mass is 16.3. The summed E-state index contributed by atoms with van der Waals surface area (Å²) in [6.07, 6.45) is 14.9. The Balaban J connectivity index is 1.54. The van der Waals surface area contributed by atoms with Crippen LogP contribution in [0.15, 0.2) is 0 Å². The van der Waals surface area contributed by atoms with Crippen molar-refractivity contribution in [3.63, 3.8) is 0 Å². The van der Waals surface area contributed by atoms with Gasteiger partial charge in [0, 0.05) is 12.3 Å². The van der Waals surface area contributed by atoms with Crippen molar-refractivity contribution in [3.05, 3.63) is 0 Å². The van der Waals surface area contributed by atoms with Gasteiger partial charge in [-0.05, 0) is 105 Å². The van der Waals surface area contributed by atoms with Crippen LogP contribution >= 0.6 is 0 Å². The smallest absolute Gasteiger partial charge is 0.164 e. The first kappa shape index (κ1) is 21.8. The Hall–Kier alpha value is -0.370. The summed E-state index contributed by atoms with van der Waals surface area (Å²) in [5.41, 5.74) is -0.427. The van der Waals surface area contributed by atoms with Gasteiger partial charge in [0.05, 0.1) is 0 Å². The molecule has 0 aromatic carbocycles. The summed E-state index contributed by atoms with van der Waals surface area (Å²) in [6.45, 7) is 11.3. The standard InChI is InChI=1S/C27H46O2/c1-18(2)9-14-24(28)27(5,29)23-13-12-21-20-11-10-19-8-6-7-16-25(19,3)22(20)15-17-26(21,23)4/h18-23,29H,6-17H2,1-5H3/t19?,20-,21-,22-,23-,25-,26-,27+/m0/s1. The molecule has 0 radical (unpaired) electrons. The Morgan fingerprint density at radius 1 is 0.966 bits per heavy atom. The summed E-state index contributed by atoms with van der Waals surface area (Å²) in [6, 6.07) is 0. The third-order valence-corrected chi connectivity index (χ3v) is 10.8. The van der Waals surface area contributed by atoms with Gasteiger partial charge in [0.25, 0.3) is 0 Å². The number of fused-ring (bicyclic) bond motifs is 5. The first-order valence-electron chi connectivity index (χ1n) is 12.9. The van der Waals surface area contributed by atoms with Gasteiger partial charge in [0.1, 0.15) is 5.60 Å². The van der Waals surface area contributed by atoms with Gasteiger partial charge < -0.3 is 5.11 Å². The number of Topliss-reactive ketones (excluding diaryl/α,β-unsaturated/α-hetero) is 1. The van der Waals surface area contributed by atoms with Crippen molar-refractivity contribution in [1.82, 2.24) is 0 Å². The molecule has 4 fully saturated rings. The SMILES string of the molecule is CC(C)CCC(=O)[C@](C)(O)[C@H]1CC[C@H]2[C@@H]3CCC4CCCC[C@]4(C)[C@H]3CC[C@@]21C. The van der Waals surface area contributed by atoms with E-state index in [1.807, 2.05) is 6.92 Å². The Kier molecular flexibility index (Phi) is 5.76. The number of hydrogen-bond donors (Lipinski definition) is 1. The molecule has 8 atom stereocenters. The lowest BCUT2D eigenvalue weighted by Crippen LogP contribution is -2.56. The van der Waals surface area contributed by atoms with E-state index in [4.69, 9.17) is 0 Å². The zero-order valence-electron chi connectivity index (χ0n) is 19.8. The monoisotopic (exact) mass is 402 g/mol. The molecule has 0 heterocycles. The van der Waals surface area contributed by atoms with Crippen molar-refractivity contribution < 1.29 is 9.90 Å². The maximum atomic E-state index is 13.0. The number of ketones is 1. The van der Waals surface area contributed by atoms with Crippen molar-refractivity contribution in [2.75, 3.05) is 0 Å². The van der Waals surface area contributed by atoms with Crippen LogP contribution in [0.1, 0.15) is 112 Å². The maximum Gasteiger partial charge on any atom is 0.164 e. The molecule has 4 saturated carbocycles. The fourth-order valence-corrected chi connectivity index (χ4v) is 9.09. The van der Waals surface area contributed by atoms with Gasteiger partial charge in [-0.3, -0.25) is 4.79 Å². The molecule has 2 nitrogen and oxygen atoms in total. The highest BCUT2D eigenvalue weighted by Gasteiger charge is 2.62. The molecule has 4 rings (SSSR count). The molecule has 0 aromatic heterocycles. The van der Waals surface area contributed by atoms with E-state index in [2.05, 4.69) is 27.7 Å². The molecule has 0 aromatic rings. The van der Waals surface area contributed by atoms with E-state index in [0.29, 0.717) is 17.8 Å². The number of rotatable bonds is 5. The summed E-state index contributed by atoms with van der Waals surface area (Å²) in [5, 5.41) is 11.5. The molecular weight excluding hydrogens is 356 g/mol. The van der Waals surface area contributed by atoms with Crippen LogP contribution in [-0.2, 0) is 4.79 Å². The lowest BCUT2D eigenvalue weighted by molar-refractivity contribution is -0.157. The van der Waals surface area contributed by atoms with E-state index >= 15 is 0 Å². The average Bonchev–Trinajstić information content (AvgIpc) is 3.03. The van der Waals surface area contributed by atoms with Gasteiger partial charge in [-0.1, -0.05) is 40.5 Å².